The summed E-state index contributed by atoms with van der Waals surface area (Å²) in [5, 5.41) is 28.3. The first-order chi connectivity index (χ1) is 8.31. The lowest BCUT2D eigenvalue weighted by Gasteiger charge is -2.22. The van der Waals surface area contributed by atoms with Crippen molar-refractivity contribution in [3.05, 3.63) is 0 Å². The highest BCUT2D eigenvalue weighted by molar-refractivity contribution is 7.62. The van der Waals surface area contributed by atoms with Crippen molar-refractivity contribution in [1.82, 2.24) is 0 Å². The van der Waals surface area contributed by atoms with Crippen molar-refractivity contribution in [3.8, 4) is 0 Å². The molecule has 1 fully saturated rings. The van der Waals surface area contributed by atoms with E-state index >= 15 is 0 Å². The van der Waals surface area contributed by atoms with Gasteiger partial charge in [0.25, 0.3) is 0 Å². The van der Waals surface area contributed by atoms with Crippen molar-refractivity contribution in [2.45, 2.75) is 30.4 Å². The van der Waals surface area contributed by atoms with E-state index in [1.165, 1.54) is 20.4 Å². The average molecular weight is 284 g/mol. The Balaban J connectivity index is 2.51. The summed E-state index contributed by atoms with van der Waals surface area (Å²) in [4.78, 5) is 0. The number of methoxy groups -OCH3 is 1. The number of ether oxygens (including phenoxy) is 3. The quantitative estimate of drug-likeness (QED) is 0.539. The molecule has 0 aliphatic carbocycles. The second kappa shape index (κ2) is 6.43. The fraction of sp³-hybridized carbons (Fsp3) is 1.00. The van der Waals surface area contributed by atoms with Crippen LogP contribution in [-0.2, 0) is 18.8 Å². The molecule has 1 unspecified atom stereocenters. The predicted molar refractivity (Wildman–Crippen MR) is 64.0 cm³/mol. The molecule has 0 amide bonds. The van der Waals surface area contributed by atoms with Gasteiger partial charge in [0.1, 0.15) is 31.3 Å². The van der Waals surface area contributed by atoms with Gasteiger partial charge in [-0.15, -0.1) is 0 Å². The van der Waals surface area contributed by atoms with Gasteiger partial charge < -0.3 is 34.1 Å². The zero-order valence-corrected chi connectivity index (χ0v) is 11.6. The van der Waals surface area contributed by atoms with Crippen LogP contribution in [0.5, 0.6) is 0 Å². The summed E-state index contributed by atoms with van der Waals surface area (Å²) < 4.78 is 27.1. The molecule has 0 saturated carbocycles. The first-order valence-corrected chi connectivity index (χ1v) is 8.29. The Morgan fingerprint density at radius 3 is 2.33 bits per heavy atom. The van der Waals surface area contributed by atoms with Crippen molar-refractivity contribution < 1.29 is 34.1 Å². The molecule has 1 heterocycles. The Kier molecular flexibility index (Phi) is 5.73. The zero-order valence-electron chi connectivity index (χ0n) is 10.7. The fourth-order valence-electron chi connectivity index (χ4n) is 1.68. The number of rotatable bonds is 6. The Morgan fingerprint density at radius 2 is 1.94 bits per heavy atom. The fourth-order valence-corrected chi connectivity index (χ4v) is 2.52. The highest BCUT2D eigenvalue weighted by Crippen LogP contribution is 2.42. The van der Waals surface area contributed by atoms with E-state index in [0.29, 0.717) is 0 Å². The van der Waals surface area contributed by atoms with Crippen LogP contribution < -0.4 is 0 Å². The molecule has 1 rings (SSSR count). The number of aliphatic hydroxyl groups excluding tert-OH is 3. The van der Waals surface area contributed by atoms with Crippen LogP contribution in [0.2, 0.25) is 0 Å². The standard InChI is InChI=1S/C10H21O7P/c1-15-10-9(13)8(12)6(17-10)5-16-7(4-11)18(2,3)14/h6-13H,4-5H2,1-3H3/t6-,7?,8-,9-,10-/m1/s1. The van der Waals surface area contributed by atoms with E-state index in [1.54, 1.807) is 0 Å². The molecule has 1 aliphatic rings. The summed E-state index contributed by atoms with van der Waals surface area (Å²) in [6.07, 6.45) is -3.96. The summed E-state index contributed by atoms with van der Waals surface area (Å²) >= 11 is 0. The Hall–Kier alpha value is -0.0100. The molecular weight excluding hydrogens is 263 g/mol. The molecule has 1 saturated heterocycles. The number of aliphatic hydroxyl groups is 3. The van der Waals surface area contributed by atoms with Gasteiger partial charge in [-0.25, -0.2) is 0 Å². The number of hydrogen-bond donors (Lipinski definition) is 3. The lowest BCUT2D eigenvalue weighted by molar-refractivity contribution is -0.157. The summed E-state index contributed by atoms with van der Waals surface area (Å²) in [5.74, 6) is -0.799. The summed E-state index contributed by atoms with van der Waals surface area (Å²) in [5.41, 5.74) is 0. The maximum atomic E-state index is 11.8. The summed E-state index contributed by atoms with van der Waals surface area (Å²) in [6, 6.07) is 0. The third-order valence-electron chi connectivity index (χ3n) is 2.85. The van der Waals surface area contributed by atoms with Gasteiger partial charge in [0, 0.05) is 7.11 Å². The van der Waals surface area contributed by atoms with E-state index in [0.717, 1.165) is 0 Å². The van der Waals surface area contributed by atoms with Gasteiger partial charge in [0.05, 0.1) is 13.2 Å². The monoisotopic (exact) mass is 284 g/mol. The average Bonchev–Trinajstić information content (AvgIpc) is 2.55. The highest BCUT2D eigenvalue weighted by atomic mass is 31.2. The van der Waals surface area contributed by atoms with E-state index in [-0.39, 0.29) is 13.2 Å². The second-order valence-electron chi connectivity index (χ2n) is 4.66. The third kappa shape index (κ3) is 3.74. The van der Waals surface area contributed by atoms with E-state index in [9.17, 15) is 14.8 Å². The molecule has 0 aromatic heterocycles. The lowest BCUT2D eigenvalue weighted by atomic mass is 10.1. The van der Waals surface area contributed by atoms with Crippen molar-refractivity contribution in [3.63, 3.8) is 0 Å². The van der Waals surface area contributed by atoms with Gasteiger partial charge in [-0.1, -0.05) is 0 Å². The molecule has 108 valence electrons. The van der Waals surface area contributed by atoms with Gasteiger partial charge in [-0.2, -0.15) is 0 Å². The number of hydrogen-bond acceptors (Lipinski definition) is 7. The molecule has 0 radical (unpaired) electrons. The topological polar surface area (TPSA) is 105 Å². The molecule has 0 aromatic carbocycles. The summed E-state index contributed by atoms with van der Waals surface area (Å²) in [7, 11) is -1.24. The zero-order chi connectivity index (χ0) is 13.9. The molecule has 8 heteroatoms. The minimum absolute atomic E-state index is 0.0744. The predicted octanol–water partition coefficient (Wildman–Crippen LogP) is -0.963. The molecule has 5 atom stereocenters. The molecular formula is C10H21O7P. The smallest absolute Gasteiger partial charge is 0.186 e. The lowest BCUT2D eigenvalue weighted by Crippen LogP contribution is -2.35. The van der Waals surface area contributed by atoms with Crippen molar-refractivity contribution in [2.75, 3.05) is 33.7 Å². The van der Waals surface area contributed by atoms with Crippen LogP contribution in [0.25, 0.3) is 0 Å². The van der Waals surface area contributed by atoms with Crippen LogP contribution in [-0.4, -0.2) is 79.4 Å². The Morgan fingerprint density at radius 1 is 1.33 bits per heavy atom. The summed E-state index contributed by atoms with van der Waals surface area (Å²) in [6.45, 7) is 2.57. The Labute approximate surface area is 106 Å². The maximum absolute atomic E-state index is 11.8. The van der Waals surface area contributed by atoms with Crippen molar-refractivity contribution in [1.29, 1.82) is 0 Å². The maximum Gasteiger partial charge on any atom is 0.186 e. The molecule has 0 bridgehead atoms. The molecule has 3 N–H and O–H groups in total. The van der Waals surface area contributed by atoms with Gasteiger partial charge in [0.2, 0.25) is 0 Å². The van der Waals surface area contributed by atoms with E-state index in [2.05, 4.69) is 0 Å². The molecule has 0 spiro atoms. The van der Waals surface area contributed by atoms with Crippen molar-refractivity contribution in [2.24, 2.45) is 0 Å². The van der Waals surface area contributed by atoms with Gasteiger partial charge in [-0.05, 0) is 13.3 Å². The molecule has 0 aromatic rings. The molecule has 7 nitrogen and oxygen atoms in total. The normalized spacial score (nSPS) is 34.8. The van der Waals surface area contributed by atoms with Crippen LogP contribution in [0.15, 0.2) is 0 Å². The third-order valence-corrected chi connectivity index (χ3v) is 4.55. The largest absolute Gasteiger partial charge is 0.393 e. The molecule has 18 heavy (non-hydrogen) atoms. The van der Waals surface area contributed by atoms with E-state index in [1.807, 2.05) is 0 Å². The van der Waals surface area contributed by atoms with Crippen LogP contribution >= 0.6 is 7.14 Å². The van der Waals surface area contributed by atoms with Crippen LogP contribution in [0.1, 0.15) is 0 Å². The second-order valence-corrected chi connectivity index (χ2v) is 8.11. The van der Waals surface area contributed by atoms with Gasteiger partial charge >= 0.3 is 0 Å². The van der Waals surface area contributed by atoms with Gasteiger partial charge in [0.15, 0.2) is 6.29 Å². The van der Waals surface area contributed by atoms with E-state index in [4.69, 9.17) is 19.3 Å². The first kappa shape index (κ1) is 16.0. The van der Waals surface area contributed by atoms with Crippen LogP contribution in [0.3, 0.4) is 0 Å². The SMILES string of the molecule is CO[C@@H]1O[C@H](COC(CO)P(C)(C)=O)[C@@H](O)[C@H]1O. The Bertz CT molecular complexity index is 305. The highest BCUT2D eigenvalue weighted by Gasteiger charge is 2.43. The van der Waals surface area contributed by atoms with Crippen molar-refractivity contribution >= 4 is 7.14 Å². The van der Waals surface area contributed by atoms with Gasteiger partial charge in [-0.3, -0.25) is 0 Å². The molecule has 1 aliphatic heterocycles. The minimum atomic E-state index is -2.59. The van der Waals surface area contributed by atoms with Crippen LogP contribution in [0, 0.1) is 0 Å². The minimum Gasteiger partial charge on any atom is -0.393 e. The van der Waals surface area contributed by atoms with Crippen LogP contribution in [0.4, 0.5) is 0 Å². The van der Waals surface area contributed by atoms with E-state index < -0.39 is 37.6 Å². The first-order valence-electron chi connectivity index (χ1n) is 5.62.